The van der Waals surface area contributed by atoms with Gasteiger partial charge in [-0.2, -0.15) is 0 Å². The summed E-state index contributed by atoms with van der Waals surface area (Å²) in [6.07, 6.45) is 1.58. The summed E-state index contributed by atoms with van der Waals surface area (Å²) in [5.74, 6) is -0.600. The van der Waals surface area contributed by atoms with Gasteiger partial charge in [0.05, 0.1) is 4.90 Å². The fourth-order valence-corrected chi connectivity index (χ4v) is 2.54. The third kappa shape index (κ3) is 2.36. The molecule has 0 aliphatic carbocycles. The van der Waals surface area contributed by atoms with Gasteiger partial charge in [-0.15, -0.1) is 0 Å². The second-order valence-electron chi connectivity index (χ2n) is 3.27. The molecule has 0 unspecified atom stereocenters. The van der Waals surface area contributed by atoms with Gasteiger partial charge in [0.1, 0.15) is 0 Å². The first kappa shape index (κ1) is 11.7. The standard InChI is InChI=1S/C10H13NO3S/c1-3-7-8(10(11)12)5-4-6-9(7)15(2,13)14/h4-6H,3H2,1-2H3,(H2,11,12). The van der Waals surface area contributed by atoms with Crippen LogP contribution in [0, 0.1) is 0 Å². The van der Waals surface area contributed by atoms with E-state index < -0.39 is 15.7 Å². The Kier molecular flexibility index (Phi) is 3.14. The summed E-state index contributed by atoms with van der Waals surface area (Å²) in [4.78, 5) is 11.3. The minimum Gasteiger partial charge on any atom is -0.366 e. The Hall–Kier alpha value is -1.36. The van der Waals surface area contributed by atoms with E-state index in [0.29, 0.717) is 12.0 Å². The zero-order valence-corrected chi connectivity index (χ0v) is 9.47. The second-order valence-corrected chi connectivity index (χ2v) is 5.26. The van der Waals surface area contributed by atoms with Gasteiger partial charge >= 0.3 is 0 Å². The smallest absolute Gasteiger partial charge is 0.249 e. The van der Waals surface area contributed by atoms with Gasteiger partial charge in [-0.25, -0.2) is 8.42 Å². The average molecular weight is 227 g/mol. The van der Waals surface area contributed by atoms with Crippen LogP contribution in [0.2, 0.25) is 0 Å². The molecule has 0 aliphatic heterocycles. The normalized spacial score (nSPS) is 11.3. The number of rotatable bonds is 3. The highest BCUT2D eigenvalue weighted by molar-refractivity contribution is 7.90. The quantitative estimate of drug-likeness (QED) is 0.827. The minimum absolute atomic E-state index is 0.182. The minimum atomic E-state index is -3.31. The van der Waals surface area contributed by atoms with Crippen molar-refractivity contribution in [2.75, 3.05) is 6.26 Å². The van der Waals surface area contributed by atoms with Crippen LogP contribution in [0.5, 0.6) is 0 Å². The van der Waals surface area contributed by atoms with E-state index in [9.17, 15) is 13.2 Å². The lowest BCUT2D eigenvalue weighted by molar-refractivity contribution is 0.0999. The maximum atomic E-state index is 11.4. The van der Waals surface area contributed by atoms with Gasteiger partial charge in [-0.05, 0) is 24.1 Å². The second kappa shape index (κ2) is 4.02. The molecule has 0 spiro atoms. The van der Waals surface area contributed by atoms with Crippen molar-refractivity contribution in [1.82, 2.24) is 0 Å². The molecule has 1 aromatic carbocycles. The molecule has 0 radical (unpaired) electrons. The number of amides is 1. The summed E-state index contributed by atoms with van der Waals surface area (Å²) in [6.45, 7) is 1.79. The Morgan fingerprint density at radius 3 is 2.40 bits per heavy atom. The van der Waals surface area contributed by atoms with Crippen molar-refractivity contribution in [2.24, 2.45) is 5.73 Å². The van der Waals surface area contributed by atoms with Gasteiger partial charge in [0.2, 0.25) is 5.91 Å². The van der Waals surface area contributed by atoms with E-state index in [1.165, 1.54) is 18.2 Å². The zero-order chi connectivity index (χ0) is 11.6. The molecule has 0 saturated carbocycles. The summed E-state index contributed by atoms with van der Waals surface area (Å²) in [5.41, 5.74) is 5.94. The fraction of sp³-hybridized carbons (Fsp3) is 0.300. The Labute approximate surface area is 89.0 Å². The number of benzene rings is 1. The van der Waals surface area contributed by atoms with Crippen molar-refractivity contribution < 1.29 is 13.2 Å². The molecule has 0 fully saturated rings. The number of carbonyl (C=O) groups excluding carboxylic acids is 1. The first-order chi connectivity index (χ1) is 6.88. The van der Waals surface area contributed by atoms with Crippen molar-refractivity contribution in [3.63, 3.8) is 0 Å². The molecule has 82 valence electrons. The third-order valence-corrected chi connectivity index (χ3v) is 3.33. The molecule has 0 bridgehead atoms. The highest BCUT2D eigenvalue weighted by Gasteiger charge is 2.17. The number of sulfone groups is 1. The summed E-state index contributed by atoms with van der Waals surface area (Å²) in [6, 6.07) is 4.55. The SMILES string of the molecule is CCc1c(C(N)=O)cccc1S(C)(=O)=O. The number of carbonyl (C=O) groups is 1. The van der Waals surface area contributed by atoms with E-state index in [-0.39, 0.29) is 10.5 Å². The Balaban J connectivity index is 3.56. The third-order valence-electron chi connectivity index (χ3n) is 2.15. The molecule has 0 aliphatic rings. The van der Waals surface area contributed by atoms with Crippen LogP contribution < -0.4 is 5.73 Å². The molecule has 1 aromatic rings. The number of nitrogens with two attached hydrogens (primary N) is 1. The Bertz CT molecular complexity index is 491. The number of hydrogen-bond acceptors (Lipinski definition) is 3. The van der Waals surface area contributed by atoms with Gasteiger partial charge in [0.25, 0.3) is 0 Å². The zero-order valence-electron chi connectivity index (χ0n) is 8.65. The first-order valence-electron chi connectivity index (χ1n) is 4.49. The van der Waals surface area contributed by atoms with Crippen LogP contribution >= 0.6 is 0 Å². The van der Waals surface area contributed by atoms with Gasteiger partial charge in [-0.1, -0.05) is 13.0 Å². The maximum Gasteiger partial charge on any atom is 0.249 e. The van der Waals surface area contributed by atoms with Crippen LogP contribution in [-0.4, -0.2) is 20.6 Å². The van der Waals surface area contributed by atoms with Crippen LogP contribution in [0.15, 0.2) is 23.1 Å². The maximum absolute atomic E-state index is 11.4. The van der Waals surface area contributed by atoms with E-state index in [0.717, 1.165) is 6.26 Å². The van der Waals surface area contributed by atoms with Crippen molar-refractivity contribution >= 4 is 15.7 Å². The molecule has 0 saturated heterocycles. The molecule has 1 amide bonds. The van der Waals surface area contributed by atoms with Crippen LogP contribution in [0.1, 0.15) is 22.8 Å². The van der Waals surface area contributed by atoms with E-state index in [2.05, 4.69) is 0 Å². The summed E-state index contributed by atoms with van der Waals surface area (Å²) in [5, 5.41) is 0. The lowest BCUT2D eigenvalue weighted by Crippen LogP contribution is -2.15. The molecular weight excluding hydrogens is 214 g/mol. The Morgan fingerprint density at radius 1 is 1.40 bits per heavy atom. The van der Waals surface area contributed by atoms with Crippen LogP contribution in [0.3, 0.4) is 0 Å². The van der Waals surface area contributed by atoms with E-state index in [1.54, 1.807) is 6.92 Å². The van der Waals surface area contributed by atoms with Crippen LogP contribution in [0.4, 0.5) is 0 Å². The van der Waals surface area contributed by atoms with Gasteiger partial charge in [0.15, 0.2) is 9.84 Å². The predicted molar refractivity (Wildman–Crippen MR) is 57.4 cm³/mol. The van der Waals surface area contributed by atoms with Crippen LogP contribution in [0.25, 0.3) is 0 Å². The molecule has 15 heavy (non-hydrogen) atoms. The summed E-state index contributed by atoms with van der Waals surface area (Å²) < 4.78 is 22.9. The first-order valence-corrected chi connectivity index (χ1v) is 6.38. The molecule has 1 rings (SSSR count). The van der Waals surface area contributed by atoms with E-state index >= 15 is 0 Å². The molecule has 2 N–H and O–H groups in total. The fourth-order valence-electron chi connectivity index (χ4n) is 1.51. The highest BCUT2D eigenvalue weighted by Crippen LogP contribution is 2.20. The molecule has 4 nitrogen and oxygen atoms in total. The number of hydrogen-bond donors (Lipinski definition) is 1. The van der Waals surface area contributed by atoms with Gasteiger partial charge in [-0.3, -0.25) is 4.79 Å². The van der Waals surface area contributed by atoms with Crippen LogP contribution in [-0.2, 0) is 16.3 Å². The van der Waals surface area contributed by atoms with Crippen molar-refractivity contribution in [1.29, 1.82) is 0 Å². The lowest BCUT2D eigenvalue weighted by atomic mass is 10.1. The monoisotopic (exact) mass is 227 g/mol. The van der Waals surface area contributed by atoms with Crippen molar-refractivity contribution in [3.05, 3.63) is 29.3 Å². The molecule has 0 heterocycles. The average Bonchev–Trinajstić information content (AvgIpc) is 2.15. The highest BCUT2D eigenvalue weighted by atomic mass is 32.2. The van der Waals surface area contributed by atoms with E-state index in [1.807, 2.05) is 0 Å². The van der Waals surface area contributed by atoms with Gasteiger partial charge < -0.3 is 5.73 Å². The molecule has 0 atom stereocenters. The largest absolute Gasteiger partial charge is 0.366 e. The summed E-state index contributed by atoms with van der Waals surface area (Å²) in [7, 11) is -3.31. The molecule has 0 aromatic heterocycles. The van der Waals surface area contributed by atoms with E-state index in [4.69, 9.17) is 5.73 Å². The summed E-state index contributed by atoms with van der Waals surface area (Å²) >= 11 is 0. The number of primary amides is 1. The lowest BCUT2D eigenvalue weighted by Gasteiger charge is -2.09. The Morgan fingerprint density at radius 2 is 2.00 bits per heavy atom. The van der Waals surface area contributed by atoms with Gasteiger partial charge in [0, 0.05) is 11.8 Å². The predicted octanol–water partition coefficient (Wildman–Crippen LogP) is 0.751. The molecular formula is C10H13NO3S. The molecule has 5 heteroatoms. The van der Waals surface area contributed by atoms with Crippen molar-refractivity contribution in [2.45, 2.75) is 18.2 Å². The van der Waals surface area contributed by atoms with Crippen molar-refractivity contribution in [3.8, 4) is 0 Å². The topological polar surface area (TPSA) is 77.2 Å².